The lowest BCUT2D eigenvalue weighted by Crippen LogP contribution is -2.37. The van der Waals surface area contributed by atoms with Gasteiger partial charge in [-0.3, -0.25) is 0 Å². The van der Waals surface area contributed by atoms with E-state index in [1.165, 1.54) is 0 Å². The van der Waals surface area contributed by atoms with Crippen LogP contribution in [0.4, 0.5) is 0 Å². The Balaban J connectivity index is 4.00. The maximum Gasteiger partial charge on any atom is 0.0250 e. The molecular formula is C9H20N2. The van der Waals surface area contributed by atoms with Crippen molar-refractivity contribution >= 4 is 0 Å². The molecule has 4 N–H and O–H groups in total. The van der Waals surface area contributed by atoms with Gasteiger partial charge in [-0.05, 0) is 18.8 Å². The van der Waals surface area contributed by atoms with E-state index in [1.54, 1.807) is 6.08 Å². The quantitative estimate of drug-likeness (QED) is 0.599. The smallest absolute Gasteiger partial charge is 0.0250 e. The Bertz CT molecular complexity index is 121. The van der Waals surface area contributed by atoms with Crippen molar-refractivity contribution in [3.05, 3.63) is 12.7 Å². The molecule has 0 aliphatic heterocycles. The van der Waals surface area contributed by atoms with Gasteiger partial charge in [0.25, 0.3) is 0 Å². The Labute approximate surface area is 69.6 Å². The highest BCUT2D eigenvalue weighted by Crippen LogP contribution is 2.16. The Morgan fingerprint density at radius 2 is 1.55 bits per heavy atom. The van der Waals surface area contributed by atoms with E-state index in [1.807, 2.05) is 6.92 Å². The summed E-state index contributed by atoms with van der Waals surface area (Å²) in [5.74, 6) is 0.857. The maximum atomic E-state index is 5.78. The van der Waals surface area contributed by atoms with Gasteiger partial charge >= 0.3 is 0 Å². The van der Waals surface area contributed by atoms with E-state index in [0.29, 0.717) is 11.8 Å². The van der Waals surface area contributed by atoms with Crippen LogP contribution in [0.2, 0.25) is 0 Å². The molecule has 0 aromatic carbocycles. The first-order valence-electron chi connectivity index (χ1n) is 4.14. The molecule has 0 saturated carbocycles. The molecular weight excluding hydrogens is 136 g/mol. The molecule has 0 spiro atoms. The summed E-state index contributed by atoms with van der Waals surface area (Å²) in [5, 5.41) is 0. The third-order valence-corrected chi connectivity index (χ3v) is 2.54. The molecule has 66 valence electrons. The second-order valence-electron chi connectivity index (χ2n) is 3.39. The van der Waals surface area contributed by atoms with Gasteiger partial charge < -0.3 is 11.5 Å². The van der Waals surface area contributed by atoms with Crippen LogP contribution in [0.25, 0.3) is 0 Å². The van der Waals surface area contributed by atoms with Crippen LogP contribution in [0.5, 0.6) is 0 Å². The number of hydrogen-bond donors (Lipinski definition) is 2. The summed E-state index contributed by atoms with van der Waals surface area (Å²) in [4.78, 5) is 0. The molecule has 0 radical (unpaired) electrons. The molecule has 4 atom stereocenters. The second-order valence-corrected chi connectivity index (χ2v) is 3.39. The van der Waals surface area contributed by atoms with Crippen molar-refractivity contribution in [1.29, 1.82) is 0 Å². The molecule has 0 rings (SSSR count). The highest BCUT2D eigenvalue weighted by Gasteiger charge is 2.19. The normalized spacial score (nSPS) is 21.9. The first-order chi connectivity index (χ1) is 5.00. The second kappa shape index (κ2) is 4.52. The lowest BCUT2D eigenvalue weighted by Gasteiger charge is -2.26. The van der Waals surface area contributed by atoms with Crippen LogP contribution in [-0.2, 0) is 0 Å². The monoisotopic (exact) mass is 156 g/mol. The number of rotatable bonds is 4. The molecule has 0 aliphatic carbocycles. The van der Waals surface area contributed by atoms with Gasteiger partial charge in [0.2, 0.25) is 0 Å². The zero-order valence-corrected chi connectivity index (χ0v) is 7.75. The van der Waals surface area contributed by atoms with Crippen molar-refractivity contribution < 1.29 is 0 Å². The third-order valence-electron chi connectivity index (χ3n) is 2.54. The number of hydrogen-bond acceptors (Lipinski definition) is 2. The van der Waals surface area contributed by atoms with Crippen LogP contribution in [0, 0.1) is 11.8 Å². The van der Waals surface area contributed by atoms with Crippen LogP contribution in [0.3, 0.4) is 0 Å². The summed E-state index contributed by atoms with van der Waals surface area (Å²) in [7, 11) is 0. The lowest BCUT2D eigenvalue weighted by molar-refractivity contribution is 0.315. The molecule has 0 heterocycles. The molecule has 0 bridgehead atoms. The summed E-state index contributed by atoms with van der Waals surface area (Å²) in [6, 6.07) is 0.270. The first-order valence-corrected chi connectivity index (χ1v) is 4.14. The van der Waals surface area contributed by atoms with E-state index in [2.05, 4.69) is 20.4 Å². The molecule has 2 nitrogen and oxygen atoms in total. The Morgan fingerprint density at radius 1 is 1.09 bits per heavy atom. The van der Waals surface area contributed by atoms with Gasteiger partial charge in [0.1, 0.15) is 0 Å². The van der Waals surface area contributed by atoms with Crippen molar-refractivity contribution in [3.8, 4) is 0 Å². The van der Waals surface area contributed by atoms with Crippen LogP contribution in [0.1, 0.15) is 20.8 Å². The topological polar surface area (TPSA) is 52.0 Å². The zero-order valence-electron chi connectivity index (χ0n) is 7.75. The van der Waals surface area contributed by atoms with Crippen molar-refractivity contribution in [2.45, 2.75) is 32.9 Å². The van der Waals surface area contributed by atoms with Crippen molar-refractivity contribution in [2.24, 2.45) is 23.3 Å². The SMILES string of the molecule is C=CC(N)[C@@H](C)[C@H](C)[C@@H](C)N. The standard InChI is InChI=1S/C9H20N2/c1-5-9(11)7(3)6(2)8(4)10/h5-9H,1,10-11H2,2-4H3/t6-,7-,8+,9?/m0/s1. The summed E-state index contributed by atoms with van der Waals surface area (Å²) in [5.41, 5.74) is 11.5. The minimum Gasteiger partial charge on any atom is -0.328 e. The van der Waals surface area contributed by atoms with Gasteiger partial charge in [0.05, 0.1) is 0 Å². The Hall–Kier alpha value is -0.340. The molecule has 1 unspecified atom stereocenters. The van der Waals surface area contributed by atoms with Crippen LogP contribution in [-0.4, -0.2) is 12.1 Å². The lowest BCUT2D eigenvalue weighted by atomic mass is 9.85. The molecule has 0 saturated heterocycles. The van der Waals surface area contributed by atoms with Crippen LogP contribution >= 0.6 is 0 Å². The highest BCUT2D eigenvalue weighted by molar-refractivity contribution is 4.89. The van der Waals surface area contributed by atoms with Gasteiger partial charge in [-0.15, -0.1) is 6.58 Å². The van der Waals surface area contributed by atoms with E-state index in [-0.39, 0.29) is 12.1 Å². The summed E-state index contributed by atoms with van der Waals surface area (Å²) in [6.07, 6.45) is 1.78. The van der Waals surface area contributed by atoms with Crippen molar-refractivity contribution in [3.63, 3.8) is 0 Å². The minimum absolute atomic E-state index is 0.0657. The molecule has 2 heteroatoms. The largest absolute Gasteiger partial charge is 0.328 e. The molecule has 0 amide bonds. The molecule has 0 aliphatic rings. The highest BCUT2D eigenvalue weighted by atomic mass is 14.7. The van der Waals surface area contributed by atoms with Gasteiger partial charge in [0.15, 0.2) is 0 Å². The van der Waals surface area contributed by atoms with Crippen molar-refractivity contribution in [1.82, 2.24) is 0 Å². The van der Waals surface area contributed by atoms with Crippen molar-refractivity contribution in [2.75, 3.05) is 0 Å². The van der Waals surface area contributed by atoms with E-state index >= 15 is 0 Å². The van der Waals surface area contributed by atoms with Crippen LogP contribution in [0.15, 0.2) is 12.7 Å². The van der Waals surface area contributed by atoms with Gasteiger partial charge in [-0.2, -0.15) is 0 Å². The predicted octanol–water partition coefficient (Wildman–Crippen LogP) is 1.12. The molecule has 0 aromatic rings. The predicted molar refractivity (Wildman–Crippen MR) is 50.1 cm³/mol. The minimum atomic E-state index is 0.0657. The van der Waals surface area contributed by atoms with Gasteiger partial charge in [0, 0.05) is 12.1 Å². The average molecular weight is 156 g/mol. The Kier molecular flexibility index (Phi) is 4.38. The Morgan fingerprint density at radius 3 is 1.82 bits per heavy atom. The maximum absolute atomic E-state index is 5.78. The fourth-order valence-electron chi connectivity index (χ4n) is 1.04. The summed E-state index contributed by atoms with van der Waals surface area (Å²) in [6.45, 7) is 9.90. The molecule has 0 aromatic heterocycles. The average Bonchev–Trinajstić information content (AvgIpc) is 2.00. The van der Waals surface area contributed by atoms with Gasteiger partial charge in [-0.25, -0.2) is 0 Å². The van der Waals surface area contributed by atoms with E-state index < -0.39 is 0 Å². The van der Waals surface area contributed by atoms with Gasteiger partial charge in [-0.1, -0.05) is 19.9 Å². The van der Waals surface area contributed by atoms with Crippen LogP contribution < -0.4 is 11.5 Å². The van der Waals surface area contributed by atoms with E-state index in [9.17, 15) is 0 Å². The number of nitrogens with two attached hydrogens (primary N) is 2. The fraction of sp³-hybridized carbons (Fsp3) is 0.778. The summed E-state index contributed by atoms with van der Waals surface area (Å²) >= 11 is 0. The first kappa shape index (κ1) is 10.7. The fourth-order valence-corrected chi connectivity index (χ4v) is 1.04. The third kappa shape index (κ3) is 3.04. The summed E-state index contributed by atoms with van der Waals surface area (Å²) < 4.78 is 0. The molecule has 0 fully saturated rings. The molecule has 11 heavy (non-hydrogen) atoms. The van der Waals surface area contributed by atoms with E-state index in [0.717, 1.165) is 0 Å². The zero-order chi connectivity index (χ0) is 9.02. The van der Waals surface area contributed by atoms with E-state index in [4.69, 9.17) is 11.5 Å².